The lowest BCUT2D eigenvalue weighted by atomic mass is 10.1. The zero-order valence-electron chi connectivity index (χ0n) is 24.0. The topological polar surface area (TPSA) is 101 Å². The second-order valence-corrected chi connectivity index (χ2v) is 11.0. The van der Waals surface area contributed by atoms with Crippen LogP contribution in [0.15, 0.2) is 36.4 Å². The van der Waals surface area contributed by atoms with E-state index >= 15 is 0 Å². The molecule has 4 aliphatic rings. The molecule has 2 aromatic rings. The van der Waals surface area contributed by atoms with Gasteiger partial charge in [0, 0.05) is 69.8 Å². The molecule has 0 saturated carbocycles. The summed E-state index contributed by atoms with van der Waals surface area (Å²) in [4.78, 5) is 20.2. The van der Waals surface area contributed by atoms with Gasteiger partial charge >= 0.3 is 0 Å². The van der Waals surface area contributed by atoms with Crippen LogP contribution in [0.5, 0.6) is 0 Å². The Morgan fingerprint density at radius 1 is 0.610 bits per heavy atom. The minimum atomic E-state index is -0.256. The van der Waals surface area contributed by atoms with Crippen LogP contribution in [0, 0.1) is 10.1 Å². The molecule has 4 saturated heterocycles. The second-order valence-electron chi connectivity index (χ2n) is 11.0. The van der Waals surface area contributed by atoms with Crippen molar-refractivity contribution in [1.29, 1.82) is 0 Å². The van der Waals surface area contributed by atoms with Gasteiger partial charge in [-0.05, 0) is 68.9 Å². The highest BCUT2D eigenvalue weighted by atomic mass is 35.5. The Morgan fingerprint density at radius 2 is 1.05 bits per heavy atom. The maximum Gasteiger partial charge on any atom is 0.294 e. The summed E-state index contributed by atoms with van der Waals surface area (Å²) >= 11 is 0. The molecule has 4 fully saturated rings. The molecule has 11 heteroatoms. The second kappa shape index (κ2) is 15.3. The van der Waals surface area contributed by atoms with Crippen LogP contribution in [0.4, 0.5) is 34.1 Å². The van der Waals surface area contributed by atoms with Gasteiger partial charge in [0.05, 0.1) is 42.7 Å². The van der Waals surface area contributed by atoms with Gasteiger partial charge in [0.15, 0.2) is 0 Å². The van der Waals surface area contributed by atoms with Gasteiger partial charge in [-0.2, -0.15) is 0 Å². The summed E-state index contributed by atoms with van der Waals surface area (Å²) in [5.74, 6) is 0. The van der Waals surface area contributed by atoms with Crippen molar-refractivity contribution >= 4 is 46.5 Å². The molecule has 2 N–H and O–H groups in total. The lowest BCUT2D eigenvalue weighted by Crippen LogP contribution is -2.36. The summed E-state index contributed by atoms with van der Waals surface area (Å²) in [5.41, 5.74) is 11.5. The number of rotatable bonds is 5. The quantitative estimate of drug-likeness (QED) is 0.296. The highest BCUT2D eigenvalue weighted by Gasteiger charge is 2.23. The fourth-order valence-corrected chi connectivity index (χ4v) is 6.06. The fourth-order valence-electron chi connectivity index (χ4n) is 6.06. The van der Waals surface area contributed by atoms with Gasteiger partial charge in [-0.1, -0.05) is 0 Å². The van der Waals surface area contributed by atoms with Gasteiger partial charge < -0.3 is 34.8 Å². The lowest BCUT2D eigenvalue weighted by Gasteiger charge is -2.32. The number of nitrogens with two attached hydrogens (primary N) is 1. The number of nitro groups is 1. The van der Waals surface area contributed by atoms with Crippen LogP contribution in [0.25, 0.3) is 0 Å². The highest BCUT2D eigenvalue weighted by Crippen LogP contribution is 2.34. The molecule has 4 heterocycles. The molecule has 10 nitrogen and oxygen atoms in total. The number of anilines is 5. The van der Waals surface area contributed by atoms with Gasteiger partial charge in [-0.25, -0.2) is 0 Å². The number of hydrogen-bond donors (Lipinski definition) is 1. The Labute approximate surface area is 249 Å². The van der Waals surface area contributed by atoms with E-state index in [4.69, 9.17) is 15.2 Å². The van der Waals surface area contributed by atoms with Crippen LogP contribution in [0.1, 0.15) is 38.5 Å². The average molecular weight is 589 g/mol. The number of piperidine rings is 2. The number of nitro benzene ring substituents is 1. The first-order valence-electron chi connectivity index (χ1n) is 14.9. The van der Waals surface area contributed by atoms with E-state index in [2.05, 4.69) is 37.8 Å². The Balaban J connectivity index is 0.000000185. The molecule has 6 rings (SSSR count). The summed E-state index contributed by atoms with van der Waals surface area (Å²) < 4.78 is 10.7. The lowest BCUT2D eigenvalue weighted by molar-refractivity contribution is -0.384. The number of benzene rings is 2. The molecular formula is C30H45ClN6O4. The predicted octanol–water partition coefficient (Wildman–Crippen LogP) is 4.94. The molecular weight excluding hydrogens is 544 g/mol. The van der Waals surface area contributed by atoms with Crippen LogP contribution < -0.4 is 25.3 Å². The summed E-state index contributed by atoms with van der Waals surface area (Å²) in [6, 6.07) is 12.1. The molecule has 0 spiro atoms. The van der Waals surface area contributed by atoms with Crippen LogP contribution >= 0.6 is 12.4 Å². The third-order valence-electron chi connectivity index (χ3n) is 8.31. The molecule has 0 aliphatic carbocycles. The van der Waals surface area contributed by atoms with Crippen molar-refractivity contribution < 1.29 is 14.4 Å². The fraction of sp³-hybridized carbons (Fsp3) is 0.600. The Kier molecular flexibility index (Phi) is 11.6. The van der Waals surface area contributed by atoms with E-state index in [1.807, 2.05) is 12.1 Å². The van der Waals surface area contributed by atoms with E-state index < -0.39 is 0 Å². The third kappa shape index (κ3) is 8.08. The van der Waals surface area contributed by atoms with Gasteiger partial charge in [-0.15, -0.1) is 12.4 Å². The molecule has 0 aromatic heterocycles. The molecule has 0 unspecified atom stereocenters. The Morgan fingerprint density at radius 3 is 1.51 bits per heavy atom. The van der Waals surface area contributed by atoms with E-state index in [9.17, 15) is 10.1 Å². The van der Waals surface area contributed by atoms with Crippen LogP contribution in [0.2, 0.25) is 0 Å². The van der Waals surface area contributed by atoms with Gasteiger partial charge in [0.25, 0.3) is 5.69 Å². The molecule has 0 amide bonds. The minimum absolute atomic E-state index is 0. The van der Waals surface area contributed by atoms with Gasteiger partial charge in [0.2, 0.25) is 0 Å². The number of morpholine rings is 2. The van der Waals surface area contributed by atoms with Crippen LogP contribution in [-0.2, 0) is 9.47 Å². The molecule has 41 heavy (non-hydrogen) atoms. The maximum atomic E-state index is 11.4. The summed E-state index contributed by atoms with van der Waals surface area (Å²) in [6.45, 7) is 10.6. The van der Waals surface area contributed by atoms with Crippen molar-refractivity contribution in [3.05, 3.63) is 46.5 Å². The number of hydrogen-bond acceptors (Lipinski definition) is 9. The van der Waals surface area contributed by atoms with E-state index in [0.717, 1.165) is 95.5 Å². The largest absolute Gasteiger partial charge is 0.397 e. The monoisotopic (exact) mass is 588 g/mol. The van der Waals surface area contributed by atoms with Crippen molar-refractivity contribution in [3.63, 3.8) is 0 Å². The van der Waals surface area contributed by atoms with Crippen molar-refractivity contribution in [1.82, 2.24) is 0 Å². The first-order chi connectivity index (χ1) is 19.6. The van der Waals surface area contributed by atoms with Crippen molar-refractivity contribution in [2.24, 2.45) is 0 Å². The normalized spacial score (nSPS) is 19.6. The number of nitrogen functional groups attached to an aromatic ring is 1. The Hall–Kier alpha value is -2.95. The number of ether oxygens (including phenoxy) is 2. The first-order valence-corrected chi connectivity index (χ1v) is 14.9. The van der Waals surface area contributed by atoms with Crippen LogP contribution in [0.3, 0.4) is 0 Å². The average Bonchev–Trinajstić information content (AvgIpc) is 3.03. The van der Waals surface area contributed by atoms with E-state index in [1.54, 1.807) is 6.07 Å². The highest BCUT2D eigenvalue weighted by molar-refractivity contribution is 5.85. The van der Waals surface area contributed by atoms with Crippen molar-refractivity contribution in [2.45, 2.75) is 38.5 Å². The van der Waals surface area contributed by atoms with Crippen molar-refractivity contribution in [2.75, 3.05) is 104 Å². The van der Waals surface area contributed by atoms with Gasteiger partial charge in [0.1, 0.15) is 5.69 Å². The van der Waals surface area contributed by atoms with E-state index in [0.29, 0.717) is 13.2 Å². The molecule has 4 aliphatic heterocycles. The van der Waals surface area contributed by atoms with E-state index in [1.165, 1.54) is 37.1 Å². The zero-order valence-corrected chi connectivity index (χ0v) is 24.9. The molecule has 2 aromatic carbocycles. The Bertz CT molecular complexity index is 1110. The molecule has 0 radical (unpaired) electrons. The smallest absolute Gasteiger partial charge is 0.294 e. The summed E-state index contributed by atoms with van der Waals surface area (Å²) in [6.07, 6.45) is 7.36. The number of nitrogens with zero attached hydrogens (tertiary/aromatic N) is 5. The molecule has 226 valence electrons. The number of halogens is 1. The molecule has 0 atom stereocenters. The van der Waals surface area contributed by atoms with Crippen molar-refractivity contribution in [3.8, 4) is 0 Å². The molecule has 0 bridgehead atoms. The summed E-state index contributed by atoms with van der Waals surface area (Å²) in [5, 5.41) is 11.4. The maximum absolute atomic E-state index is 11.4. The third-order valence-corrected chi connectivity index (χ3v) is 8.31. The first kappa shape index (κ1) is 31.0. The minimum Gasteiger partial charge on any atom is -0.397 e. The summed E-state index contributed by atoms with van der Waals surface area (Å²) in [7, 11) is 0. The van der Waals surface area contributed by atoms with Crippen LogP contribution in [-0.4, -0.2) is 83.7 Å². The van der Waals surface area contributed by atoms with Gasteiger partial charge in [-0.3, -0.25) is 10.1 Å². The predicted molar refractivity (Wildman–Crippen MR) is 169 cm³/mol. The zero-order chi connectivity index (χ0) is 27.7. The SMILES string of the molecule is Cl.Nc1cc(N2CCOCC2)ccc1N1CCCCC1.O=[N+]([O-])c1cc(N2CCOCC2)ccc1N1CCCCC1. The van der Waals surface area contributed by atoms with E-state index in [-0.39, 0.29) is 23.0 Å². The standard InChI is InChI=1S/C15H21N3O3.C15H23N3O.ClH/c19-18(20)15-12-13(16-8-10-21-11-9-16)4-5-14(15)17-6-2-1-3-7-17;16-14-12-13(17-8-10-19-11-9-17)4-5-15(14)18-6-2-1-3-7-18;/h4-5,12H,1-3,6-11H2;4-5,12H,1-3,6-11,16H2;1H.